The van der Waals surface area contributed by atoms with Crippen LogP contribution in [0.3, 0.4) is 0 Å². The molecule has 4 heterocycles. The Morgan fingerprint density at radius 2 is 2.16 bits per heavy atom. The fourth-order valence-corrected chi connectivity index (χ4v) is 4.47. The van der Waals surface area contributed by atoms with Crippen molar-refractivity contribution in [1.29, 1.82) is 0 Å². The maximum atomic E-state index is 12.8. The number of imide groups is 1. The molecule has 4 rings (SSSR count). The van der Waals surface area contributed by atoms with E-state index >= 15 is 0 Å². The standard InChI is InChI=1S/C17H18N4O3S/c1-10-8-12(11(2)21(10)16-18-5-7-25-16)14(22)9-20-15(23)13-4-3-6-19(13)17(20)24/h5,7-8,13H,3-4,6,9H2,1-2H3. The Labute approximate surface area is 148 Å². The summed E-state index contributed by atoms with van der Waals surface area (Å²) < 4.78 is 1.92. The molecule has 2 aliphatic rings. The molecule has 130 valence electrons. The Bertz CT molecular complexity index is 849. The average Bonchev–Trinajstić information content (AvgIpc) is 3.33. The number of aromatic nitrogens is 2. The van der Waals surface area contributed by atoms with Crippen LogP contribution in [0.2, 0.25) is 0 Å². The molecule has 25 heavy (non-hydrogen) atoms. The minimum Gasteiger partial charge on any atom is -0.312 e. The monoisotopic (exact) mass is 358 g/mol. The number of nitrogens with zero attached hydrogens (tertiary/aromatic N) is 4. The molecule has 2 saturated heterocycles. The molecule has 0 radical (unpaired) electrons. The van der Waals surface area contributed by atoms with Crippen LogP contribution >= 0.6 is 11.3 Å². The summed E-state index contributed by atoms with van der Waals surface area (Å²) in [6.45, 7) is 4.16. The second-order valence-corrected chi connectivity index (χ2v) is 7.29. The van der Waals surface area contributed by atoms with Crippen LogP contribution in [0, 0.1) is 13.8 Å². The zero-order valence-corrected chi connectivity index (χ0v) is 14.9. The summed E-state index contributed by atoms with van der Waals surface area (Å²) in [4.78, 5) is 44.5. The van der Waals surface area contributed by atoms with E-state index < -0.39 is 0 Å². The molecule has 2 aliphatic heterocycles. The zero-order chi connectivity index (χ0) is 17.7. The van der Waals surface area contributed by atoms with Crippen molar-refractivity contribution >= 4 is 29.1 Å². The van der Waals surface area contributed by atoms with Gasteiger partial charge in [-0.15, -0.1) is 11.3 Å². The molecule has 0 saturated carbocycles. The van der Waals surface area contributed by atoms with Gasteiger partial charge in [0.15, 0.2) is 10.9 Å². The Morgan fingerprint density at radius 3 is 2.84 bits per heavy atom. The van der Waals surface area contributed by atoms with E-state index in [1.807, 2.05) is 23.8 Å². The molecule has 0 spiro atoms. The maximum Gasteiger partial charge on any atom is 0.327 e. The number of carbonyl (C=O) groups excluding carboxylic acids is 3. The number of carbonyl (C=O) groups is 3. The Hall–Kier alpha value is -2.48. The van der Waals surface area contributed by atoms with Gasteiger partial charge in [-0.05, 0) is 32.8 Å². The molecule has 1 atom stereocenters. The molecule has 8 heteroatoms. The fourth-order valence-electron chi connectivity index (χ4n) is 3.72. The van der Waals surface area contributed by atoms with E-state index in [2.05, 4.69) is 4.98 Å². The number of Topliss-reactive ketones (excluding diaryl/α,β-unsaturated/α-hetero) is 1. The Balaban J connectivity index is 1.59. The highest BCUT2D eigenvalue weighted by atomic mass is 32.1. The molecule has 7 nitrogen and oxygen atoms in total. The fraction of sp³-hybridized carbons (Fsp3) is 0.412. The second-order valence-electron chi connectivity index (χ2n) is 6.42. The average molecular weight is 358 g/mol. The third-order valence-corrected chi connectivity index (χ3v) is 5.68. The summed E-state index contributed by atoms with van der Waals surface area (Å²) >= 11 is 1.49. The van der Waals surface area contributed by atoms with Gasteiger partial charge in [0.1, 0.15) is 6.04 Å². The van der Waals surface area contributed by atoms with Crippen molar-refractivity contribution in [1.82, 2.24) is 19.4 Å². The number of hydrogen-bond donors (Lipinski definition) is 0. The number of ketones is 1. The van der Waals surface area contributed by atoms with Crippen LogP contribution in [0.5, 0.6) is 0 Å². The van der Waals surface area contributed by atoms with Gasteiger partial charge in [0.05, 0.1) is 6.54 Å². The van der Waals surface area contributed by atoms with Crippen LogP contribution in [0.15, 0.2) is 17.6 Å². The van der Waals surface area contributed by atoms with Crippen molar-refractivity contribution < 1.29 is 14.4 Å². The van der Waals surface area contributed by atoms with E-state index in [9.17, 15) is 14.4 Å². The van der Waals surface area contributed by atoms with Crippen LogP contribution in [0.1, 0.15) is 34.6 Å². The lowest BCUT2D eigenvalue weighted by atomic mass is 10.1. The SMILES string of the molecule is Cc1cc(C(=O)CN2C(=O)C3CCCN3C2=O)c(C)n1-c1nccs1. The smallest absolute Gasteiger partial charge is 0.312 e. The quantitative estimate of drug-likeness (QED) is 0.620. The number of urea groups is 1. The molecule has 0 bridgehead atoms. The van der Waals surface area contributed by atoms with Gasteiger partial charge in [0, 0.05) is 35.1 Å². The molecule has 2 fully saturated rings. The Morgan fingerprint density at radius 1 is 1.36 bits per heavy atom. The highest BCUT2D eigenvalue weighted by molar-refractivity contribution is 7.12. The topological polar surface area (TPSA) is 75.5 Å². The summed E-state index contributed by atoms with van der Waals surface area (Å²) in [5.41, 5.74) is 2.20. The van der Waals surface area contributed by atoms with E-state index in [4.69, 9.17) is 0 Å². The van der Waals surface area contributed by atoms with Crippen molar-refractivity contribution in [2.45, 2.75) is 32.7 Å². The summed E-state index contributed by atoms with van der Waals surface area (Å²) in [6.07, 6.45) is 3.25. The zero-order valence-electron chi connectivity index (χ0n) is 14.1. The molecule has 2 aromatic rings. The molecule has 3 amide bonds. The number of rotatable bonds is 4. The second kappa shape index (κ2) is 5.80. The number of amides is 3. The molecular formula is C17H18N4O3S. The molecule has 0 aliphatic carbocycles. The predicted molar refractivity (Wildman–Crippen MR) is 92.1 cm³/mol. The molecule has 2 aromatic heterocycles. The van der Waals surface area contributed by atoms with Gasteiger partial charge in [-0.2, -0.15) is 0 Å². The van der Waals surface area contributed by atoms with E-state index in [1.54, 1.807) is 17.2 Å². The molecular weight excluding hydrogens is 340 g/mol. The van der Waals surface area contributed by atoms with Crippen LogP contribution in [0.4, 0.5) is 4.79 Å². The van der Waals surface area contributed by atoms with Crippen LogP contribution < -0.4 is 0 Å². The minimum absolute atomic E-state index is 0.202. The minimum atomic E-state index is -0.372. The first kappa shape index (κ1) is 16.0. The maximum absolute atomic E-state index is 12.8. The first-order chi connectivity index (χ1) is 12.0. The largest absolute Gasteiger partial charge is 0.327 e. The lowest BCUT2D eigenvalue weighted by Crippen LogP contribution is -2.37. The third-order valence-electron chi connectivity index (χ3n) is 4.92. The van der Waals surface area contributed by atoms with Gasteiger partial charge in [-0.1, -0.05) is 0 Å². The van der Waals surface area contributed by atoms with Crippen molar-refractivity contribution in [3.63, 3.8) is 0 Å². The highest BCUT2D eigenvalue weighted by Gasteiger charge is 2.47. The molecule has 1 unspecified atom stereocenters. The first-order valence-corrected chi connectivity index (χ1v) is 9.11. The number of aryl methyl sites for hydroxylation is 1. The van der Waals surface area contributed by atoms with Crippen molar-refractivity contribution in [2.75, 3.05) is 13.1 Å². The predicted octanol–water partition coefficient (Wildman–Crippen LogP) is 2.16. The molecule has 0 aromatic carbocycles. The summed E-state index contributed by atoms with van der Waals surface area (Å²) in [5.74, 6) is -0.469. The molecule has 0 N–H and O–H groups in total. The van der Waals surface area contributed by atoms with Gasteiger partial charge in [0.25, 0.3) is 5.91 Å². The lowest BCUT2D eigenvalue weighted by molar-refractivity contribution is -0.127. The first-order valence-electron chi connectivity index (χ1n) is 8.23. The van der Waals surface area contributed by atoms with E-state index in [-0.39, 0.29) is 30.3 Å². The van der Waals surface area contributed by atoms with Gasteiger partial charge in [0.2, 0.25) is 0 Å². The summed E-state index contributed by atoms with van der Waals surface area (Å²) in [7, 11) is 0. The lowest BCUT2D eigenvalue weighted by Gasteiger charge is -2.14. The van der Waals surface area contributed by atoms with E-state index in [0.717, 1.165) is 27.8 Å². The van der Waals surface area contributed by atoms with Crippen LogP contribution in [-0.2, 0) is 4.79 Å². The van der Waals surface area contributed by atoms with Crippen molar-refractivity contribution in [2.24, 2.45) is 0 Å². The number of thiazole rings is 1. The van der Waals surface area contributed by atoms with Gasteiger partial charge in [-0.3, -0.25) is 19.1 Å². The summed E-state index contributed by atoms with van der Waals surface area (Å²) in [6, 6.07) is 1.09. The van der Waals surface area contributed by atoms with Gasteiger partial charge < -0.3 is 4.90 Å². The Kier molecular flexibility index (Phi) is 3.72. The van der Waals surface area contributed by atoms with E-state index in [0.29, 0.717) is 18.5 Å². The normalized spacial score (nSPS) is 19.8. The van der Waals surface area contributed by atoms with Crippen molar-refractivity contribution in [3.8, 4) is 5.13 Å². The van der Waals surface area contributed by atoms with Gasteiger partial charge in [-0.25, -0.2) is 9.78 Å². The van der Waals surface area contributed by atoms with Crippen molar-refractivity contribution in [3.05, 3.63) is 34.6 Å². The number of fused-ring (bicyclic) bond motifs is 1. The van der Waals surface area contributed by atoms with Crippen LogP contribution in [0.25, 0.3) is 5.13 Å². The van der Waals surface area contributed by atoms with Crippen LogP contribution in [-0.4, -0.2) is 56.2 Å². The summed E-state index contributed by atoms with van der Waals surface area (Å²) in [5, 5.41) is 2.67. The highest BCUT2D eigenvalue weighted by Crippen LogP contribution is 2.28. The number of hydrogen-bond acceptors (Lipinski definition) is 5. The van der Waals surface area contributed by atoms with Gasteiger partial charge >= 0.3 is 6.03 Å². The van der Waals surface area contributed by atoms with E-state index in [1.165, 1.54) is 11.3 Å². The third kappa shape index (κ3) is 2.39.